The van der Waals surface area contributed by atoms with Gasteiger partial charge in [0.1, 0.15) is 5.60 Å². The molecule has 2 N–H and O–H groups in total. The Kier molecular flexibility index (Phi) is 8.03. The molecule has 0 aromatic heterocycles. The van der Waals surface area contributed by atoms with Gasteiger partial charge in [0, 0.05) is 0 Å². The molecule has 7 heteroatoms. The minimum atomic E-state index is -1.71. The molecule has 1 atom stereocenters. The molecule has 0 fully saturated rings. The lowest BCUT2D eigenvalue weighted by Gasteiger charge is -2.24. The van der Waals surface area contributed by atoms with Crippen LogP contribution in [0.2, 0.25) is 0 Å². The lowest BCUT2D eigenvalue weighted by Crippen LogP contribution is -2.51. The number of carboxylic acids is 1. The summed E-state index contributed by atoms with van der Waals surface area (Å²) in [6.07, 6.45) is -0.786. The zero-order valence-electron chi connectivity index (χ0n) is 19.1. The average Bonchev–Trinajstić information content (AvgIpc) is 2.66. The number of amides is 1. The highest BCUT2D eigenvalue weighted by atomic mass is 28.3. The molecule has 2 aromatic rings. The summed E-state index contributed by atoms with van der Waals surface area (Å²) in [7, 11) is -1.71. The van der Waals surface area contributed by atoms with E-state index in [0.29, 0.717) is 0 Å². The molecule has 2 rings (SSSR count). The van der Waals surface area contributed by atoms with E-state index < -0.39 is 32.7 Å². The number of carboxylic acid groups (broad SMARTS) is 1. The third-order valence-corrected chi connectivity index (χ3v) is 6.60. The summed E-state index contributed by atoms with van der Waals surface area (Å²) in [5, 5.41) is 14.0. The Morgan fingerprint density at radius 2 is 1.48 bits per heavy atom. The Bertz CT molecular complexity index is 870. The predicted octanol–water partition coefficient (Wildman–Crippen LogP) is 3.08. The van der Waals surface area contributed by atoms with Gasteiger partial charge >= 0.3 is 12.1 Å². The molecule has 0 aliphatic carbocycles. The number of hydrogen-bond acceptors (Lipinski definition) is 4. The molecule has 1 radical (unpaired) electrons. The minimum Gasteiger partial charge on any atom is -0.480 e. The number of alkyl carbamates (subject to hydrolysis) is 1. The molecule has 167 valence electrons. The summed E-state index contributed by atoms with van der Waals surface area (Å²) in [5.41, 5.74) is 0.521. The molecule has 0 saturated carbocycles. The van der Waals surface area contributed by atoms with Gasteiger partial charge in [-0.05, 0) is 42.1 Å². The van der Waals surface area contributed by atoms with Gasteiger partial charge in [0.2, 0.25) is 0 Å². The molecule has 2 aromatic carbocycles. The Morgan fingerprint density at radius 3 is 1.97 bits per heavy atom. The monoisotopic (exact) mass is 442 g/mol. The molecule has 1 amide bonds. The zero-order valence-corrected chi connectivity index (χ0v) is 20.1. The van der Waals surface area contributed by atoms with Gasteiger partial charge in [0.15, 0.2) is 6.04 Å². The van der Waals surface area contributed by atoms with E-state index in [2.05, 4.69) is 38.2 Å². The van der Waals surface area contributed by atoms with Gasteiger partial charge in [-0.3, -0.25) is 0 Å². The molecular weight excluding hydrogens is 410 g/mol. The highest BCUT2D eigenvalue weighted by molar-refractivity contribution is 6.80. The summed E-state index contributed by atoms with van der Waals surface area (Å²) in [5.74, 6) is -1.18. The minimum absolute atomic E-state index is 0.0325. The van der Waals surface area contributed by atoms with Crippen LogP contribution in [0.3, 0.4) is 0 Å². The molecule has 0 saturated heterocycles. The van der Waals surface area contributed by atoms with Gasteiger partial charge < -0.3 is 19.6 Å². The number of aliphatic carboxylic acids is 1. The second-order valence-electron chi connectivity index (χ2n) is 9.37. The average molecular weight is 443 g/mol. The number of nitrogens with one attached hydrogen (secondary N) is 1. The van der Waals surface area contributed by atoms with E-state index in [1.165, 1.54) is 5.56 Å². The summed E-state index contributed by atoms with van der Waals surface area (Å²) >= 11 is 0. The quantitative estimate of drug-likeness (QED) is 0.644. The zero-order chi connectivity index (χ0) is 23.2. The van der Waals surface area contributed by atoms with Crippen LogP contribution in [-0.4, -0.2) is 44.5 Å². The van der Waals surface area contributed by atoms with Crippen LogP contribution < -0.4 is 15.7 Å². The molecule has 0 heterocycles. The van der Waals surface area contributed by atoms with Crippen molar-refractivity contribution < 1.29 is 23.9 Å². The molecule has 0 aliphatic heterocycles. The molecule has 1 unspecified atom stereocenters. The van der Waals surface area contributed by atoms with Crippen molar-refractivity contribution >= 4 is 31.5 Å². The Labute approximate surface area is 186 Å². The summed E-state index contributed by atoms with van der Waals surface area (Å²) in [4.78, 5) is 23.7. The Balaban J connectivity index is 2.21. The first-order chi connectivity index (χ1) is 14.4. The maximum absolute atomic E-state index is 12.0. The van der Waals surface area contributed by atoms with E-state index in [9.17, 15) is 14.7 Å². The van der Waals surface area contributed by atoms with Crippen LogP contribution in [0.5, 0.6) is 0 Å². The van der Waals surface area contributed by atoms with Gasteiger partial charge in [-0.1, -0.05) is 75.4 Å². The van der Waals surface area contributed by atoms with Crippen LogP contribution in [0, 0.1) is 0 Å². The standard InChI is InChI=1S/C24H32NO5Si/c1-23(2,3)17-12-14-19(15-13-17)31(18-10-8-7-9-11-18)29-16-20(21(26)27)25-22(28)30-24(4,5)6/h7-15,20H,16H2,1-6H3,(H,25,28)(H,26,27). The summed E-state index contributed by atoms with van der Waals surface area (Å²) < 4.78 is 11.3. The normalized spacial score (nSPS) is 13.0. The topological polar surface area (TPSA) is 84.9 Å². The molecule has 0 bridgehead atoms. The number of ether oxygens (including phenoxy) is 1. The van der Waals surface area contributed by atoms with E-state index in [1.54, 1.807) is 20.8 Å². The van der Waals surface area contributed by atoms with Crippen LogP contribution in [0.15, 0.2) is 54.6 Å². The predicted molar refractivity (Wildman–Crippen MR) is 123 cm³/mol. The van der Waals surface area contributed by atoms with Crippen molar-refractivity contribution in [2.75, 3.05) is 6.61 Å². The van der Waals surface area contributed by atoms with Crippen molar-refractivity contribution in [1.29, 1.82) is 0 Å². The molecule has 31 heavy (non-hydrogen) atoms. The molecule has 6 nitrogen and oxygen atoms in total. The lowest BCUT2D eigenvalue weighted by atomic mass is 9.87. The maximum atomic E-state index is 12.0. The van der Waals surface area contributed by atoms with Gasteiger partial charge in [0.05, 0.1) is 6.61 Å². The number of hydrogen-bond donors (Lipinski definition) is 2. The van der Waals surface area contributed by atoms with Crippen molar-refractivity contribution in [2.24, 2.45) is 0 Å². The first-order valence-electron chi connectivity index (χ1n) is 10.3. The lowest BCUT2D eigenvalue weighted by molar-refractivity contribution is -0.140. The van der Waals surface area contributed by atoms with Crippen LogP contribution in [0.1, 0.15) is 47.1 Å². The van der Waals surface area contributed by atoms with Crippen LogP contribution in [0.25, 0.3) is 0 Å². The Morgan fingerprint density at radius 1 is 0.935 bits per heavy atom. The van der Waals surface area contributed by atoms with Crippen molar-refractivity contribution in [3.8, 4) is 0 Å². The fourth-order valence-corrected chi connectivity index (χ4v) is 4.80. The van der Waals surface area contributed by atoms with Crippen LogP contribution in [0.4, 0.5) is 4.79 Å². The van der Waals surface area contributed by atoms with Crippen molar-refractivity contribution in [1.82, 2.24) is 5.32 Å². The largest absolute Gasteiger partial charge is 0.480 e. The maximum Gasteiger partial charge on any atom is 0.408 e. The van der Waals surface area contributed by atoms with Gasteiger partial charge in [0.25, 0.3) is 9.04 Å². The first kappa shape index (κ1) is 24.6. The van der Waals surface area contributed by atoms with Crippen LogP contribution in [-0.2, 0) is 19.4 Å². The SMILES string of the molecule is CC(C)(C)OC(=O)NC(CO[Si](c1ccccc1)c1ccc(C(C)(C)C)cc1)C(=O)O. The number of benzene rings is 2. The van der Waals surface area contributed by atoms with Gasteiger partial charge in [-0.25, -0.2) is 9.59 Å². The smallest absolute Gasteiger partial charge is 0.408 e. The van der Waals surface area contributed by atoms with E-state index in [4.69, 9.17) is 9.16 Å². The Hall–Kier alpha value is -2.64. The fraction of sp³-hybridized carbons (Fsp3) is 0.417. The molecule has 0 aliphatic rings. The molecular formula is C24H32NO5Si. The van der Waals surface area contributed by atoms with Gasteiger partial charge in [-0.2, -0.15) is 0 Å². The number of carbonyl (C=O) groups excluding carboxylic acids is 1. The highest BCUT2D eigenvalue weighted by Crippen LogP contribution is 2.20. The number of rotatable bonds is 7. The van der Waals surface area contributed by atoms with Crippen molar-refractivity contribution in [3.63, 3.8) is 0 Å². The highest BCUT2D eigenvalue weighted by Gasteiger charge is 2.27. The summed E-state index contributed by atoms with van der Waals surface area (Å²) in [6.45, 7) is 11.5. The van der Waals surface area contributed by atoms with E-state index >= 15 is 0 Å². The number of carbonyl (C=O) groups is 2. The van der Waals surface area contributed by atoms with Crippen molar-refractivity contribution in [2.45, 2.75) is 58.6 Å². The van der Waals surface area contributed by atoms with E-state index in [0.717, 1.165) is 10.4 Å². The fourth-order valence-electron chi connectivity index (χ4n) is 2.84. The molecule has 0 spiro atoms. The van der Waals surface area contributed by atoms with Gasteiger partial charge in [-0.15, -0.1) is 0 Å². The van der Waals surface area contributed by atoms with E-state index in [-0.39, 0.29) is 12.0 Å². The van der Waals surface area contributed by atoms with E-state index in [1.807, 2.05) is 42.5 Å². The first-order valence-corrected chi connectivity index (χ1v) is 11.7. The van der Waals surface area contributed by atoms with Crippen molar-refractivity contribution in [3.05, 3.63) is 60.2 Å². The third kappa shape index (κ3) is 7.84. The summed E-state index contributed by atoms with van der Waals surface area (Å²) in [6, 6.07) is 16.8. The third-order valence-electron chi connectivity index (χ3n) is 4.43. The second-order valence-corrected chi connectivity index (χ2v) is 11.5. The van der Waals surface area contributed by atoms with Crippen LogP contribution >= 0.6 is 0 Å². The second kappa shape index (κ2) is 10.1.